The van der Waals surface area contributed by atoms with Crippen LogP contribution in [0.25, 0.3) is 0 Å². The van der Waals surface area contributed by atoms with Gasteiger partial charge in [-0.3, -0.25) is 9.68 Å². The van der Waals surface area contributed by atoms with E-state index in [0.29, 0.717) is 46.0 Å². The Bertz CT molecular complexity index is 443. The molecule has 0 N–H and O–H groups in total. The topological polar surface area (TPSA) is 71.1 Å². The van der Waals surface area contributed by atoms with Gasteiger partial charge in [0.1, 0.15) is 0 Å². The van der Waals surface area contributed by atoms with Crippen molar-refractivity contribution in [2.45, 2.75) is 92.3 Å². The molecule has 2 saturated carbocycles. The van der Waals surface area contributed by atoms with Gasteiger partial charge in [0, 0.05) is 12.4 Å². The van der Waals surface area contributed by atoms with Crippen molar-refractivity contribution in [3.8, 4) is 0 Å². The molecule has 0 saturated heterocycles. The van der Waals surface area contributed by atoms with E-state index in [4.69, 9.17) is 9.68 Å². The van der Waals surface area contributed by atoms with E-state index in [1.54, 1.807) is 0 Å². The van der Waals surface area contributed by atoms with Gasteiger partial charge >= 0.3 is 0 Å². The van der Waals surface area contributed by atoms with Gasteiger partial charge in [0.05, 0.1) is 12.2 Å². The first-order valence-corrected chi connectivity index (χ1v) is 11.1. The second-order valence-corrected chi connectivity index (χ2v) is 9.81. The molecule has 0 unspecified atom stereocenters. The maximum Gasteiger partial charge on any atom is 0.0879 e. The number of nitrogens with zero attached hydrogens (tertiary/aromatic N) is 2. The van der Waals surface area contributed by atoms with E-state index < -0.39 is 0 Å². The van der Waals surface area contributed by atoms with Crippen molar-refractivity contribution in [1.82, 2.24) is 10.5 Å². The minimum atomic E-state index is -0.101. The van der Waals surface area contributed by atoms with Crippen molar-refractivity contribution in [3.05, 3.63) is 22.8 Å². The highest BCUT2D eigenvalue weighted by Gasteiger charge is 2.33. The van der Waals surface area contributed by atoms with E-state index in [1.807, 2.05) is 0 Å². The van der Waals surface area contributed by atoms with Crippen LogP contribution in [-0.2, 0) is 9.68 Å². The van der Waals surface area contributed by atoms with E-state index in [-0.39, 0.29) is 12.2 Å². The summed E-state index contributed by atoms with van der Waals surface area (Å²) in [5, 5.41) is 25.2. The average Bonchev–Trinajstić information content (AvgIpc) is 2.59. The molecule has 28 heavy (non-hydrogen) atoms. The molecule has 0 aromatic heterocycles. The smallest absolute Gasteiger partial charge is 0.0879 e. The third-order valence-corrected chi connectivity index (χ3v) is 6.71. The normalized spacial score (nSPS) is 34.4. The molecule has 2 fully saturated rings. The highest BCUT2D eigenvalue weighted by Crippen LogP contribution is 2.37. The molecule has 2 aliphatic carbocycles. The Morgan fingerprint density at radius 2 is 1.07 bits per heavy atom. The molecule has 164 valence electrons. The summed E-state index contributed by atoms with van der Waals surface area (Å²) in [5.41, 5.74) is 0. The van der Waals surface area contributed by atoms with Crippen molar-refractivity contribution < 1.29 is 9.68 Å². The lowest BCUT2D eigenvalue weighted by Gasteiger charge is -2.42. The second kappa shape index (κ2) is 10.8. The largest absolute Gasteiger partial charge is 0.734 e. The van der Waals surface area contributed by atoms with Gasteiger partial charge in [-0.15, -0.1) is 0 Å². The van der Waals surface area contributed by atoms with Crippen molar-refractivity contribution >= 4 is 0 Å². The van der Waals surface area contributed by atoms with Crippen LogP contribution in [0.3, 0.4) is 0 Å². The summed E-state index contributed by atoms with van der Waals surface area (Å²) in [6.07, 6.45) is 8.31. The Labute approximate surface area is 171 Å². The Morgan fingerprint density at radius 3 is 1.39 bits per heavy atom. The molecule has 2 aliphatic rings. The summed E-state index contributed by atoms with van der Waals surface area (Å²) in [5.74, 6) is 2.79. The van der Waals surface area contributed by atoms with Crippen LogP contribution < -0.4 is 0 Å². The van der Waals surface area contributed by atoms with Gasteiger partial charge < -0.3 is 20.9 Å². The van der Waals surface area contributed by atoms with E-state index >= 15 is 0 Å². The van der Waals surface area contributed by atoms with E-state index in [2.05, 4.69) is 41.5 Å². The minimum absolute atomic E-state index is 0.101. The fourth-order valence-electron chi connectivity index (χ4n) is 4.92. The maximum absolute atomic E-state index is 12.2. The predicted molar refractivity (Wildman–Crippen MR) is 112 cm³/mol. The number of rotatable bonds is 8. The molecule has 0 amide bonds. The zero-order valence-electron chi connectivity index (χ0n) is 18.5. The van der Waals surface area contributed by atoms with Crippen LogP contribution in [0.4, 0.5) is 0 Å². The molecule has 0 radical (unpaired) electrons. The molecule has 0 aromatic rings. The minimum Gasteiger partial charge on any atom is -0.734 e. The zero-order valence-corrected chi connectivity index (χ0v) is 18.5. The first-order chi connectivity index (χ1) is 13.2. The molecule has 6 atom stereocenters. The third kappa shape index (κ3) is 6.90. The molecule has 0 spiro atoms. The Hall–Kier alpha value is -0.820. The fourth-order valence-corrected chi connectivity index (χ4v) is 4.92. The van der Waals surface area contributed by atoms with Crippen LogP contribution in [-0.4, -0.2) is 22.7 Å². The molecule has 0 aromatic carbocycles. The Morgan fingerprint density at radius 1 is 0.714 bits per heavy atom. The zero-order chi connectivity index (χ0) is 20.8. The Kier molecular flexibility index (Phi) is 9.06. The molecule has 0 bridgehead atoms. The summed E-state index contributed by atoms with van der Waals surface area (Å²) < 4.78 is 0. The van der Waals surface area contributed by atoms with Crippen LogP contribution >= 0.6 is 0 Å². The Balaban J connectivity index is 1.87. The fraction of sp³-hybridized carbons (Fsp3) is 0.909. The van der Waals surface area contributed by atoms with Gasteiger partial charge in [0.2, 0.25) is 0 Å². The standard InChI is InChI=1S/C22H40N2O4/c1-15(2)19-9-7-17(5)13-21(19)27-23(25)11-12-24(26)28-22-14-18(6)8-10-20(22)16(3)4/h11-12,15-22H,7-10,13-14H2,1-6H3/q-2/b12-11+/t17-,18-,19+,20+,21-,22-/m0/s1. The molecule has 0 aliphatic heterocycles. The lowest BCUT2D eigenvalue weighted by Crippen LogP contribution is -2.38. The first kappa shape index (κ1) is 23.5. The number of hydroxylamine groups is 4. The first-order valence-electron chi connectivity index (χ1n) is 11.1. The van der Waals surface area contributed by atoms with Crippen molar-refractivity contribution in [2.75, 3.05) is 0 Å². The predicted octanol–water partition coefficient (Wildman–Crippen LogP) is 5.84. The lowest BCUT2D eigenvalue weighted by molar-refractivity contribution is -0.184. The van der Waals surface area contributed by atoms with Gasteiger partial charge in [-0.1, -0.05) is 54.4 Å². The van der Waals surface area contributed by atoms with Gasteiger partial charge in [-0.25, -0.2) is 0 Å². The quantitative estimate of drug-likeness (QED) is 0.480. The molecule has 6 nitrogen and oxygen atoms in total. The monoisotopic (exact) mass is 396 g/mol. The lowest BCUT2D eigenvalue weighted by atomic mass is 9.75. The van der Waals surface area contributed by atoms with Crippen molar-refractivity contribution in [2.24, 2.45) is 35.5 Å². The summed E-state index contributed by atoms with van der Waals surface area (Å²) in [6, 6.07) is 0. The molecular weight excluding hydrogens is 356 g/mol. The summed E-state index contributed by atoms with van der Waals surface area (Å²) in [6.45, 7) is 13.1. The van der Waals surface area contributed by atoms with Gasteiger partial charge in [-0.05, 0) is 61.2 Å². The molecular formula is C22H40N2O4-2. The maximum atomic E-state index is 12.2. The SMILES string of the molecule is CC(C)[C@H]1CC[C@H](C)C[C@@H]1ON([O-])/C=C/N([O-])O[C@H]1C[C@@H](C)CC[C@@H]1C(C)C. The summed E-state index contributed by atoms with van der Waals surface area (Å²) in [4.78, 5) is 11.2. The van der Waals surface area contributed by atoms with E-state index in [0.717, 1.165) is 38.1 Å². The second-order valence-electron chi connectivity index (χ2n) is 9.81. The van der Waals surface area contributed by atoms with Crippen LogP contribution in [0.15, 0.2) is 12.4 Å². The van der Waals surface area contributed by atoms with Crippen molar-refractivity contribution in [3.63, 3.8) is 0 Å². The van der Waals surface area contributed by atoms with Gasteiger partial charge in [0.25, 0.3) is 0 Å². The van der Waals surface area contributed by atoms with Gasteiger partial charge in [0.15, 0.2) is 0 Å². The number of hydrogen-bond donors (Lipinski definition) is 0. The van der Waals surface area contributed by atoms with Crippen LogP contribution in [0.5, 0.6) is 0 Å². The molecule has 0 heterocycles. The van der Waals surface area contributed by atoms with Crippen molar-refractivity contribution in [1.29, 1.82) is 0 Å². The molecule has 2 rings (SSSR count). The molecule has 6 heteroatoms. The highest BCUT2D eigenvalue weighted by atomic mass is 16.9. The van der Waals surface area contributed by atoms with E-state index in [1.165, 1.54) is 12.8 Å². The summed E-state index contributed by atoms with van der Waals surface area (Å²) >= 11 is 0. The van der Waals surface area contributed by atoms with Crippen LogP contribution in [0.2, 0.25) is 0 Å². The van der Waals surface area contributed by atoms with Crippen LogP contribution in [0.1, 0.15) is 80.1 Å². The third-order valence-electron chi connectivity index (χ3n) is 6.71. The van der Waals surface area contributed by atoms with Gasteiger partial charge in [-0.2, -0.15) is 0 Å². The summed E-state index contributed by atoms with van der Waals surface area (Å²) in [7, 11) is 0. The van der Waals surface area contributed by atoms with E-state index in [9.17, 15) is 10.4 Å². The van der Waals surface area contributed by atoms with Crippen LogP contribution in [0, 0.1) is 45.9 Å². The highest BCUT2D eigenvalue weighted by molar-refractivity contribution is 4.85. The number of hydrogen-bond acceptors (Lipinski definition) is 6. The average molecular weight is 397 g/mol.